The number of hydrogen-bond acceptors (Lipinski definition) is 4. The van der Waals surface area contributed by atoms with Crippen molar-refractivity contribution in [1.29, 1.82) is 0 Å². The molecule has 18 heavy (non-hydrogen) atoms. The van der Waals surface area contributed by atoms with E-state index in [1.807, 2.05) is 0 Å². The topological polar surface area (TPSA) is 67.3 Å². The van der Waals surface area contributed by atoms with E-state index in [1.165, 1.54) is 5.12 Å². The van der Waals surface area contributed by atoms with Crippen molar-refractivity contribution in [2.24, 2.45) is 27.9 Å². The largest absolute Gasteiger partial charge is 0.256 e. The molecule has 0 spiro atoms. The fourth-order valence-electron chi connectivity index (χ4n) is 2.52. The molecule has 4 heteroatoms. The molecule has 0 aromatic carbocycles. The van der Waals surface area contributed by atoms with E-state index in [2.05, 4.69) is 67.8 Å². The van der Waals surface area contributed by atoms with Gasteiger partial charge in [-0.15, -0.1) is 0 Å². The second kappa shape index (κ2) is 5.08. The van der Waals surface area contributed by atoms with Gasteiger partial charge in [-0.1, -0.05) is 54.9 Å². The zero-order chi connectivity index (χ0) is 15.0. The van der Waals surface area contributed by atoms with Gasteiger partial charge in [-0.2, -0.15) is 10.7 Å². The van der Waals surface area contributed by atoms with Crippen molar-refractivity contribution >= 4 is 0 Å². The van der Waals surface area contributed by atoms with Gasteiger partial charge in [0.1, 0.15) is 0 Å². The molecule has 5 N–H and O–H groups in total. The van der Waals surface area contributed by atoms with E-state index >= 15 is 0 Å². The van der Waals surface area contributed by atoms with Crippen LogP contribution in [0, 0.1) is 16.2 Å². The number of nitrogens with one attached hydrogen (secondary N) is 1. The van der Waals surface area contributed by atoms with Crippen LogP contribution in [0.4, 0.5) is 0 Å². The molecule has 0 aromatic rings. The van der Waals surface area contributed by atoms with Crippen LogP contribution in [0.5, 0.6) is 0 Å². The Morgan fingerprint density at radius 2 is 1.28 bits per heavy atom. The Balaban J connectivity index is 5.63. The molecule has 110 valence electrons. The van der Waals surface area contributed by atoms with E-state index in [-0.39, 0.29) is 21.8 Å². The van der Waals surface area contributed by atoms with Crippen molar-refractivity contribution in [3.05, 3.63) is 0 Å². The lowest BCUT2D eigenvalue weighted by molar-refractivity contribution is -0.133. The minimum Gasteiger partial charge on any atom is -0.256 e. The van der Waals surface area contributed by atoms with E-state index in [0.29, 0.717) is 0 Å². The van der Waals surface area contributed by atoms with Crippen LogP contribution >= 0.6 is 0 Å². The van der Waals surface area contributed by atoms with Crippen LogP contribution in [0.2, 0.25) is 0 Å². The molecule has 0 heterocycles. The maximum Gasteiger partial charge on any atom is 0.0520 e. The summed E-state index contributed by atoms with van der Waals surface area (Å²) in [5.41, 5.74) is 2.54. The fraction of sp³-hybridized carbons (Fsp3) is 1.00. The van der Waals surface area contributed by atoms with E-state index in [1.54, 1.807) is 0 Å². The van der Waals surface area contributed by atoms with Gasteiger partial charge in [0.25, 0.3) is 0 Å². The molecule has 0 aliphatic carbocycles. The molecular weight excluding hydrogens is 224 g/mol. The Morgan fingerprint density at radius 3 is 1.56 bits per heavy atom. The van der Waals surface area contributed by atoms with Gasteiger partial charge in [-0.05, 0) is 30.1 Å². The van der Waals surface area contributed by atoms with Gasteiger partial charge in [0.05, 0.1) is 5.54 Å². The average Bonchev–Trinajstić information content (AvgIpc) is 2.26. The molecular formula is C14H34N4. The van der Waals surface area contributed by atoms with Crippen molar-refractivity contribution in [3.8, 4) is 0 Å². The van der Waals surface area contributed by atoms with Crippen molar-refractivity contribution in [1.82, 2.24) is 10.7 Å². The SMILES string of the molecule is CCC(C)(C)C(C)(C)C(C)(C)C(C)(C)N(N)NN. The fourth-order valence-corrected chi connectivity index (χ4v) is 2.52. The summed E-state index contributed by atoms with van der Waals surface area (Å²) in [5.74, 6) is 11.5. The Kier molecular flexibility index (Phi) is 5.03. The van der Waals surface area contributed by atoms with Gasteiger partial charge in [-0.25, -0.2) is 0 Å². The molecule has 0 aliphatic heterocycles. The van der Waals surface area contributed by atoms with Crippen LogP contribution in [-0.4, -0.2) is 10.7 Å². The maximum atomic E-state index is 6.02. The minimum absolute atomic E-state index is 0.0410. The highest BCUT2D eigenvalue weighted by molar-refractivity contribution is 5.05. The third-order valence-corrected chi connectivity index (χ3v) is 6.41. The van der Waals surface area contributed by atoms with Gasteiger partial charge in [0.2, 0.25) is 0 Å². The molecule has 0 radical (unpaired) electrons. The highest BCUT2D eigenvalue weighted by Crippen LogP contribution is 2.57. The standard InChI is InChI=1S/C14H34N4/c1-10-11(2,3)12(4,5)13(6,7)14(8,9)18(16)17-15/h17H,10,15-16H2,1-9H3. The van der Waals surface area contributed by atoms with Crippen LogP contribution in [0.3, 0.4) is 0 Å². The lowest BCUT2D eigenvalue weighted by atomic mass is 9.49. The molecule has 0 unspecified atom stereocenters. The van der Waals surface area contributed by atoms with E-state index in [0.717, 1.165) is 6.42 Å². The first-order chi connectivity index (χ1) is 7.79. The smallest absolute Gasteiger partial charge is 0.0520 e. The average molecular weight is 258 g/mol. The minimum atomic E-state index is -0.280. The van der Waals surface area contributed by atoms with Crippen molar-refractivity contribution in [2.45, 2.75) is 74.3 Å². The van der Waals surface area contributed by atoms with Gasteiger partial charge in [-0.3, -0.25) is 11.7 Å². The van der Waals surface area contributed by atoms with Gasteiger partial charge < -0.3 is 0 Å². The second-order valence-electron chi connectivity index (χ2n) is 7.55. The maximum absolute atomic E-state index is 6.02. The van der Waals surface area contributed by atoms with Crippen molar-refractivity contribution in [2.75, 3.05) is 0 Å². The van der Waals surface area contributed by atoms with E-state index < -0.39 is 0 Å². The molecule has 0 rings (SSSR count). The molecule has 0 fully saturated rings. The molecule has 0 amide bonds. The molecule has 0 saturated carbocycles. The number of nitrogens with zero attached hydrogens (tertiary/aromatic N) is 1. The van der Waals surface area contributed by atoms with Gasteiger partial charge >= 0.3 is 0 Å². The zero-order valence-corrected chi connectivity index (χ0v) is 13.8. The summed E-state index contributed by atoms with van der Waals surface area (Å²) < 4.78 is 0. The Hall–Kier alpha value is -0.160. The summed E-state index contributed by atoms with van der Waals surface area (Å²) in [4.78, 5) is 0. The Labute approximate surface area is 113 Å². The Morgan fingerprint density at radius 1 is 0.889 bits per heavy atom. The quantitative estimate of drug-likeness (QED) is 0.506. The summed E-state index contributed by atoms with van der Waals surface area (Å²) >= 11 is 0. The first-order valence-corrected chi connectivity index (χ1v) is 6.80. The van der Waals surface area contributed by atoms with Crippen molar-refractivity contribution < 1.29 is 0 Å². The zero-order valence-electron chi connectivity index (χ0n) is 13.8. The third-order valence-electron chi connectivity index (χ3n) is 6.41. The van der Waals surface area contributed by atoms with Crippen LogP contribution < -0.4 is 17.2 Å². The van der Waals surface area contributed by atoms with Gasteiger partial charge in [0, 0.05) is 0 Å². The summed E-state index contributed by atoms with van der Waals surface area (Å²) in [7, 11) is 0. The number of nitrogens with two attached hydrogens (primary N) is 2. The molecule has 0 saturated heterocycles. The van der Waals surface area contributed by atoms with E-state index in [9.17, 15) is 0 Å². The first kappa shape index (κ1) is 17.8. The molecule has 0 atom stereocenters. The third kappa shape index (κ3) is 2.44. The van der Waals surface area contributed by atoms with Crippen LogP contribution in [0.1, 0.15) is 68.7 Å². The summed E-state index contributed by atoms with van der Waals surface area (Å²) in [6.07, 6.45) is 1.13. The molecule has 0 aromatic heterocycles. The Bertz CT molecular complexity index is 280. The van der Waals surface area contributed by atoms with Crippen molar-refractivity contribution in [3.63, 3.8) is 0 Å². The number of hydrazine groups is 3. The summed E-state index contributed by atoms with van der Waals surface area (Å²) in [5, 5.41) is 1.51. The number of rotatable bonds is 6. The van der Waals surface area contributed by atoms with Crippen LogP contribution in [0.25, 0.3) is 0 Å². The lowest BCUT2D eigenvalue weighted by Gasteiger charge is -2.60. The first-order valence-electron chi connectivity index (χ1n) is 6.80. The van der Waals surface area contributed by atoms with E-state index in [4.69, 9.17) is 11.7 Å². The highest BCUT2D eigenvalue weighted by Gasteiger charge is 2.55. The van der Waals surface area contributed by atoms with Crippen LogP contribution in [-0.2, 0) is 0 Å². The summed E-state index contributed by atoms with van der Waals surface area (Å²) in [6.45, 7) is 20.3. The van der Waals surface area contributed by atoms with Gasteiger partial charge in [0.15, 0.2) is 0 Å². The predicted octanol–water partition coefficient (Wildman–Crippen LogP) is 2.81. The second-order valence-corrected chi connectivity index (χ2v) is 7.55. The monoisotopic (exact) mass is 258 g/mol. The predicted molar refractivity (Wildman–Crippen MR) is 79.1 cm³/mol. The summed E-state index contributed by atoms with van der Waals surface area (Å²) in [6, 6.07) is 0. The highest BCUT2D eigenvalue weighted by atomic mass is 15.8. The molecule has 0 bridgehead atoms. The molecule has 0 aliphatic rings. The number of hydrogen-bond donors (Lipinski definition) is 3. The molecule has 4 nitrogen and oxygen atoms in total. The lowest BCUT2D eigenvalue weighted by Crippen LogP contribution is -2.68. The normalized spacial score (nSPS) is 15.3. The van der Waals surface area contributed by atoms with Crippen LogP contribution in [0.15, 0.2) is 0 Å².